The molecule has 1 aromatic heterocycles. The zero-order valence-electron chi connectivity index (χ0n) is 18.3. The van der Waals surface area contributed by atoms with Gasteiger partial charge in [0.05, 0.1) is 17.6 Å². The smallest absolute Gasteiger partial charge is 0.244 e. The zero-order valence-corrected chi connectivity index (χ0v) is 19.0. The number of imidazole rings is 1. The summed E-state index contributed by atoms with van der Waals surface area (Å²) in [5.41, 5.74) is 3.05. The molecule has 0 atom stereocenters. The quantitative estimate of drug-likeness (QED) is 0.250. The highest BCUT2D eigenvalue weighted by Crippen LogP contribution is 2.18. The van der Waals surface area contributed by atoms with Gasteiger partial charge in [0, 0.05) is 30.6 Å². The van der Waals surface area contributed by atoms with E-state index in [-0.39, 0.29) is 5.91 Å². The van der Waals surface area contributed by atoms with Crippen LogP contribution < -0.4 is 10.1 Å². The standard InChI is InChI=1S/C27H26ClN3O2/c28-22-12-14-23(15-13-22)33-20-6-19-31-25-10-5-4-9-24(25)30-26(31)17-18-29-27(32)16-11-21-7-2-1-3-8-21/h1-5,7-16H,6,17-20H2,(H,29,32)/b16-11+. The lowest BCUT2D eigenvalue weighted by Gasteiger charge is -2.11. The second-order valence-electron chi connectivity index (χ2n) is 7.61. The summed E-state index contributed by atoms with van der Waals surface area (Å²) < 4.78 is 8.05. The molecule has 0 aliphatic carbocycles. The van der Waals surface area contributed by atoms with Crippen molar-refractivity contribution in [3.05, 3.63) is 101 Å². The predicted molar refractivity (Wildman–Crippen MR) is 133 cm³/mol. The van der Waals surface area contributed by atoms with Crippen molar-refractivity contribution in [2.75, 3.05) is 13.2 Å². The van der Waals surface area contributed by atoms with Gasteiger partial charge in [0.2, 0.25) is 5.91 Å². The minimum absolute atomic E-state index is 0.113. The molecule has 0 aliphatic rings. The van der Waals surface area contributed by atoms with E-state index in [1.165, 1.54) is 0 Å². The normalized spacial score (nSPS) is 11.2. The van der Waals surface area contributed by atoms with Gasteiger partial charge in [0.25, 0.3) is 0 Å². The SMILES string of the molecule is O=C(/C=C/c1ccccc1)NCCc1nc2ccccc2n1CCCOc1ccc(Cl)cc1. The summed E-state index contributed by atoms with van der Waals surface area (Å²) in [4.78, 5) is 17.0. The van der Waals surface area contributed by atoms with E-state index >= 15 is 0 Å². The molecule has 168 valence electrons. The first-order valence-electron chi connectivity index (χ1n) is 11.0. The second kappa shape index (κ2) is 11.3. The summed E-state index contributed by atoms with van der Waals surface area (Å²) in [7, 11) is 0. The van der Waals surface area contributed by atoms with Gasteiger partial charge in [-0.3, -0.25) is 4.79 Å². The second-order valence-corrected chi connectivity index (χ2v) is 8.05. The summed E-state index contributed by atoms with van der Waals surface area (Å²) in [6, 6.07) is 25.2. The van der Waals surface area contributed by atoms with E-state index in [2.05, 4.69) is 16.0 Å². The first-order valence-corrected chi connectivity index (χ1v) is 11.4. The lowest BCUT2D eigenvalue weighted by molar-refractivity contribution is -0.116. The first kappa shape index (κ1) is 22.6. The fraction of sp³-hybridized carbons (Fsp3) is 0.185. The van der Waals surface area contributed by atoms with E-state index in [1.54, 1.807) is 6.08 Å². The summed E-state index contributed by atoms with van der Waals surface area (Å²) in [6.45, 7) is 1.89. The van der Waals surface area contributed by atoms with Crippen molar-refractivity contribution in [1.82, 2.24) is 14.9 Å². The minimum Gasteiger partial charge on any atom is -0.494 e. The number of carbonyl (C=O) groups is 1. The molecule has 1 amide bonds. The molecule has 0 saturated carbocycles. The maximum Gasteiger partial charge on any atom is 0.244 e. The largest absolute Gasteiger partial charge is 0.494 e. The molecule has 0 saturated heterocycles. The molecular formula is C27H26ClN3O2. The molecule has 6 heteroatoms. The summed E-state index contributed by atoms with van der Waals surface area (Å²) >= 11 is 5.92. The van der Waals surface area contributed by atoms with Crippen LogP contribution in [0.15, 0.2) is 84.9 Å². The Morgan fingerprint density at radius 3 is 2.58 bits per heavy atom. The highest BCUT2D eigenvalue weighted by molar-refractivity contribution is 6.30. The lowest BCUT2D eigenvalue weighted by Crippen LogP contribution is -2.24. The molecule has 0 aliphatic heterocycles. The van der Waals surface area contributed by atoms with E-state index < -0.39 is 0 Å². The number of nitrogens with zero attached hydrogens (tertiary/aromatic N) is 2. The molecule has 0 bridgehead atoms. The molecule has 33 heavy (non-hydrogen) atoms. The van der Waals surface area contributed by atoms with Crippen LogP contribution in [0.3, 0.4) is 0 Å². The fourth-order valence-electron chi connectivity index (χ4n) is 3.60. The number of rotatable bonds is 10. The Morgan fingerprint density at radius 2 is 1.76 bits per heavy atom. The number of carbonyl (C=O) groups excluding carboxylic acids is 1. The predicted octanol–water partition coefficient (Wildman–Crippen LogP) is 5.53. The van der Waals surface area contributed by atoms with Crippen LogP contribution >= 0.6 is 11.6 Å². The average molecular weight is 460 g/mol. The highest BCUT2D eigenvalue weighted by atomic mass is 35.5. The van der Waals surface area contributed by atoms with Gasteiger partial charge in [0.1, 0.15) is 11.6 Å². The number of fused-ring (bicyclic) bond motifs is 1. The van der Waals surface area contributed by atoms with Crippen molar-refractivity contribution in [2.24, 2.45) is 0 Å². The van der Waals surface area contributed by atoms with Crippen molar-refractivity contribution >= 4 is 34.6 Å². The van der Waals surface area contributed by atoms with Crippen LogP contribution in [0.1, 0.15) is 17.8 Å². The average Bonchev–Trinajstić information content (AvgIpc) is 3.19. The molecule has 0 unspecified atom stereocenters. The van der Waals surface area contributed by atoms with E-state index in [1.807, 2.05) is 78.9 Å². The fourth-order valence-corrected chi connectivity index (χ4v) is 3.73. The Hall–Kier alpha value is -3.57. The summed E-state index contributed by atoms with van der Waals surface area (Å²) in [5.74, 6) is 1.65. The number of aryl methyl sites for hydroxylation is 1. The van der Waals surface area contributed by atoms with Crippen LogP contribution in [-0.2, 0) is 17.8 Å². The van der Waals surface area contributed by atoms with Gasteiger partial charge in [0.15, 0.2) is 0 Å². The van der Waals surface area contributed by atoms with Gasteiger partial charge >= 0.3 is 0 Å². The van der Waals surface area contributed by atoms with Crippen LogP contribution in [0.5, 0.6) is 5.75 Å². The summed E-state index contributed by atoms with van der Waals surface area (Å²) in [5, 5.41) is 3.65. The number of halogens is 1. The number of nitrogens with one attached hydrogen (secondary N) is 1. The lowest BCUT2D eigenvalue weighted by atomic mass is 10.2. The molecule has 3 aromatic carbocycles. The summed E-state index contributed by atoms with van der Waals surface area (Å²) in [6.07, 6.45) is 4.86. The van der Waals surface area contributed by atoms with Gasteiger partial charge in [-0.1, -0.05) is 54.1 Å². The molecule has 1 heterocycles. The monoisotopic (exact) mass is 459 g/mol. The Labute approximate surface area is 198 Å². The molecule has 0 spiro atoms. The highest BCUT2D eigenvalue weighted by Gasteiger charge is 2.10. The number of benzene rings is 3. The molecule has 5 nitrogen and oxygen atoms in total. The van der Waals surface area contributed by atoms with E-state index in [0.29, 0.717) is 24.6 Å². The van der Waals surface area contributed by atoms with E-state index in [9.17, 15) is 4.79 Å². The number of para-hydroxylation sites is 2. The minimum atomic E-state index is -0.113. The van der Waals surface area contributed by atoms with Crippen LogP contribution in [0.4, 0.5) is 0 Å². The third-order valence-corrected chi connectivity index (χ3v) is 5.47. The van der Waals surface area contributed by atoms with Crippen LogP contribution in [0, 0.1) is 0 Å². The van der Waals surface area contributed by atoms with Gasteiger partial charge in [-0.2, -0.15) is 0 Å². The Balaban J connectivity index is 1.33. The Morgan fingerprint density at radius 1 is 1.00 bits per heavy atom. The van der Waals surface area contributed by atoms with Crippen molar-refractivity contribution in [1.29, 1.82) is 0 Å². The molecule has 4 rings (SSSR count). The van der Waals surface area contributed by atoms with Crippen molar-refractivity contribution in [3.8, 4) is 5.75 Å². The number of ether oxygens (including phenoxy) is 1. The number of hydrogen-bond acceptors (Lipinski definition) is 3. The maximum atomic E-state index is 12.2. The number of hydrogen-bond donors (Lipinski definition) is 1. The van der Waals surface area contributed by atoms with Crippen molar-refractivity contribution in [3.63, 3.8) is 0 Å². The third kappa shape index (κ3) is 6.46. The number of amides is 1. The Bertz CT molecular complexity index is 1220. The van der Waals surface area contributed by atoms with Crippen molar-refractivity contribution in [2.45, 2.75) is 19.4 Å². The van der Waals surface area contributed by atoms with Gasteiger partial charge in [-0.25, -0.2) is 4.98 Å². The van der Waals surface area contributed by atoms with E-state index in [4.69, 9.17) is 21.3 Å². The van der Waals surface area contributed by atoms with Gasteiger partial charge in [-0.15, -0.1) is 0 Å². The topological polar surface area (TPSA) is 56.2 Å². The van der Waals surface area contributed by atoms with Gasteiger partial charge in [-0.05, 0) is 54.5 Å². The van der Waals surface area contributed by atoms with E-state index in [0.717, 1.165) is 41.1 Å². The zero-order chi connectivity index (χ0) is 22.9. The molecule has 0 radical (unpaired) electrons. The Kier molecular flexibility index (Phi) is 7.77. The van der Waals surface area contributed by atoms with Crippen molar-refractivity contribution < 1.29 is 9.53 Å². The van der Waals surface area contributed by atoms with Crippen LogP contribution in [0.25, 0.3) is 17.1 Å². The molecule has 1 N–H and O–H groups in total. The number of aromatic nitrogens is 2. The van der Waals surface area contributed by atoms with Gasteiger partial charge < -0.3 is 14.6 Å². The third-order valence-electron chi connectivity index (χ3n) is 5.22. The maximum absolute atomic E-state index is 12.2. The molecular weight excluding hydrogens is 434 g/mol. The molecule has 0 fully saturated rings. The molecule has 4 aromatic rings. The van der Waals surface area contributed by atoms with Crippen LogP contribution in [0.2, 0.25) is 5.02 Å². The first-order chi connectivity index (χ1) is 16.2. The van der Waals surface area contributed by atoms with Crippen LogP contribution in [-0.4, -0.2) is 28.6 Å².